The number of hydrogen-bond donors (Lipinski definition) is 1. The minimum absolute atomic E-state index is 0.0642. The molecule has 0 amide bonds. The quantitative estimate of drug-likeness (QED) is 0.482. The second kappa shape index (κ2) is 6.97. The summed E-state index contributed by atoms with van der Waals surface area (Å²) in [5.41, 5.74) is 1.09. The van der Waals surface area contributed by atoms with Crippen LogP contribution in [0.3, 0.4) is 0 Å². The van der Waals surface area contributed by atoms with Crippen LogP contribution in [0, 0.1) is 17.0 Å². The van der Waals surface area contributed by atoms with Crippen LogP contribution in [0.2, 0.25) is 0 Å². The van der Waals surface area contributed by atoms with E-state index in [1.54, 1.807) is 23.5 Å². The van der Waals surface area contributed by atoms with Crippen LogP contribution >= 0.6 is 11.3 Å². The van der Waals surface area contributed by atoms with E-state index in [-0.39, 0.29) is 5.69 Å². The van der Waals surface area contributed by atoms with Gasteiger partial charge < -0.3 is 10.1 Å². The number of non-ortho nitro benzene ring substituents is 1. The number of aromatic nitrogens is 1. The molecule has 2 aromatic rings. The molecule has 20 heavy (non-hydrogen) atoms. The van der Waals surface area contributed by atoms with E-state index in [2.05, 4.69) is 10.3 Å². The SMILES string of the molecule is Cc1nc(CNCCOc2ccc([N+](=O)[O-])cc2)cs1. The maximum Gasteiger partial charge on any atom is 0.269 e. The number of nitro benzene ring substituents is 1. The molecular formula is C13H15N3O3S. The fourth-order valence-corrected chi connectivity index (χ4v) is 2.22. The van der Waals surface area contributed by atoms with Gasteiger partial charge in [0.2, 0.25) is 0 Å². The zero-order chi connectivity index (χ0) is 14.4. The van der Waals surface area contributed by atoms with Crippen LogP contribution < -0.4 is 10.1 Å². The highest BCUT2D eigenvalue weighted by Gasteiger charge is 2.04. The number of nitrogens with zero attached hydrogens (tertiary/aromatic N) is 2. The lowest BCUT2D eigenvalue weighted by Gasteiger charge is -2.06. The highest BCUT2D eigenvalue weighted by Crippen LogP contribution is 2.16. The van der Waals surface area contributed by atoms with Gasteiger partial charge in [-0.05, 0) is 19.1 Å². The molecule has 0 saturated carbocycles. The highest BCUT2D eigenvalue weighted by atomic mass is 32.1. The minimum atomic E-state index is -0.429. The third kappa shape index (κ3) is 4.29. The fraction of sp³-hybridized carbons (Fsp3) is 0.308. The summed E-state index contributed by atoms with van der Waals surface area (Å²) < 4.78 is 5.48. The maximum absolute atomic E-state index is 10.5. The van der Waals surface area contributed by atoms with Crippen LogP contribution in [0.25, 0.3) is 0 Å². The number of nitro groups is 1. The van der Waals surface area contributed by atoms with Gasteiger partial charge in [-0.15, -0.1) is 11.3 Å². The number of rotatable bonds is 7. The molecule has 0 bridgehead atoms. The van der Waals surface area contributed by atoms with E-state index in [4.69, 9.17) is 4.74 Å². The van der Waals surface area contributed by atoms with Crippen molar-refractivity contribution in [1.29, 1.82) is 0 Å². The zero-order valence-corrected chi connectivity index (χ0v) is 11.9. The van der Waals surface area contributed by atoms with Crippen molar-refractivity contribution in [2.75, 3.05) is 13.2 Å². The molecule has 0 spiro atoms. The number of hydrogen-bond acceptors (Lipinski definition) is 6. The van der Waals surface area contributed by atoms with Gasteiger partial charge >= 0.3 is 0 Å². The van der Waals surface area contributed by atoms with Crippen molar-refractivity contribution in [1.82, 2.24) is 10.3 Å². The monoisotopic (exact) mass is 293 g/mol. The second-order valence-corrected chi connectivity index (χ2v) is 5.20. The summed E-state index contributed by atoms with van der Waals surface area (Å²) in [7, 11) is 0. The molecule has 1 N–H and O–H groups in total. The molecule has 0 aliphatic rings. The summed E-state index contributed by atoms with van der Waals surface area (Å²) >= 11 is 1.63. The average molecular weight is 293 g/mol. The molecule has 7 heteroatoms. The van der Waals surface area contributed by atoms with Crippen molar-refractivity contribution in [3.05, 3.63) is 50.5 Å². The van der Waals surface area contributed by atoms with Crippen molar-refractivity contribution in [3.63, 3.8) is 0 Å². The first-order valence-corrected chi connectivity index (χ1v) is 7.02. The molecule has 0 atom stereocenters. The van der Waals surface area contributed by atoms with Crippen LogP contribution in [0.5, 0.6) is 5.75 Å². The number of aryl methyl sites for hydroxylation is 1. The van der Waals surface area contributed by atoms with E-state index in [1.807, 2.05) is 12.3 Å². The lowest BCUT2D eigenvalue weighted by molar-refractivity contribution is -0.384. The molecule has 0 fully saturated rings. The summed E-state index contributed by atoms with van der Waals surface area (Å²) in [5.74, 6) is 0.627. The predicted octanol–water partition coefficient (Wildman–Crippen LogP) is 2.53. The smallest absolute Gasteiger partial charge is 0.269 e. The standard InChI is InChI=1S/C13H15N3O3S/c1-10-15-11(9-20-10)8-14-6-7-19-13-4-2-12(3-5-13)16(17)18/h2-5,9,14H,6-8H2,1H3. The number of thiazole rings is 1. The summed E-state index contributed by atoms with van der Waals surface area (Å²) in [6.45, 7) is 3.88. The number of benzene rings is 1. The van der Waals surface area contributed by atoms with E-state index in [1.165, 1.54) is 12.1 Å². The summed E-state index contributed by atoms with van der Waals surface area (Å²) in [5, 5.41) is 16.8. The van der Waals surface area contributed by atoms with Gasteiger partial charge in [-0.25, -0.2) is 4.98 Å². The first kappa shape index (κ1) is 14.4. The Bertz CT molecular complexity index is 568. The Morgan fingerprint density at radius 3 is 2.75 bits per heavy atom. The summed E-state index contributed by atoms with van der Waals surface area (Å²) in [6.07, 6.45) is 0. The topological polar surface area (TPSA) is 77.3 Å². The third-order valence-corrected chi connectivity index (χ3v) is 3.39. The predicted molar refractivity (Wildman–Crippen MR) is 77.1 cm³/mol. The van der Waals surface area contributed by atoms with Crippen LogP contribution in [-0.4, -0.2) is 23.1 Å². The van der Waals surface area contributed by atoms with E-state index < -0.39 is 4.92 Å². The van der Waals surface area contributed by atoms with E-state index in [0.29, 0.717) is 25.4 Å². The normalized spacial score (nSPS) is 10.4. The van der Waals surface area contributed by atoms with Crippen molar-refractivity contribution in [2.24, 2.45) is 0 Å². The Labute approximate surface area is 120 Å². The Balaban J connectivity index is 1.66. The molecule has 1 heterocycles. The lowest BCUT2D eigenvalue weighted by atomic mass is 10.3. The van der Waals surface area contributed by atoms with Crippen LogP contribution in [0.15, 0.2) is 29.6 Å². The van der Waals surface area contributed by atoms with Crippen LogP contribution in [0.4, 0.5) is 5.69 Å². The van der Waals surface area contributed by atoms with Crippen molar-refractivity contribution >= 4 is 17.0 Å². The van der Waals surface area contributed by atoms with Crippen LogP contribution in [-0.2, 0) is 6.54 Å². The minimum Gasteiger partial charge on any atom is -0.492 e. The van der Waals surface area contributed by atoms with Gasteiger partial charge in [-0.1, -0.05) is 0 Å². The first-order valence-electron chi connectivity index (χ1n) is 6.14. The molecule has 2 rings (SSSR count). The number of ether oxygens (including phenoxy) is 1. The van der Waals surface area contributed by atoms with Gasteiger partial charge in [-0.2, -0.15) is 0 Å². The molecule has 0 saturated heterocycles. The number of nitrogens with one attached hydrogen (secondary N) is 1. The molecule has 6 nitrogen and oxygen atoms in total. The Morgan fingerprint density at radius 2 is 2.15 bits per heavy atom. The molecule has 0 unspecified atom stereocenters. The first-order chi connectivity index (χ1) is 9.65. The summed E-state index contributed by atoms with van der Waals surface area (Å²) in [4.78, 5) is 14.4. The summed E-state index contributed by atoms with van der Waals surface area (Å²) in [6, 6.07) is 6.06. The molecule has 1 aromatic heterocycles. The van der Waals surface area contributed by atoms with Crippen molar-refractivity contribution < 1.29 is 9.66 Å². The van der Waals surface area contributed by atoms with E-state index in [0.717, 1.165) is 10.7 Å². The Kier molecular flexibility index (Phi) is 5.03. The maximum atomic E-state index is 10.5. The molecule has 0 aliphatic carbocycles. The largest absolute Gasteiger partial charge is 0.492 e. The Hall–Kier alpha value is -1.99. The molecular weight excluding hydrogens is 278 g/mol. The van der Waals surface area contributed by atoms with E-state index in [9.17, 15) is 10.1 Å². The lowest BCUT2D eigenvalue weighted by Crippen LogP contribution is -2.20. The molecule has 1 aromatic carbocycles. The van der Waals surface area contributed by atoms with E-state index >= 15 is 0 Å². The fourth-order valence-electron chi connectivity index (χ4n) is 1.61. The second-order valence-electron chi connectivity index (χ2n) is 4.13. The van der Waals surface area contributed by atoms with Gasteiger partial charge in [0.25, 0.3) is 5.69 Å². The molecule has 106 valence electrons. The average Bonchev–Trinajstić information content (AvgIpc) is 2.84. The van der Waals surface area contributed by atoms with Crippen molar-refractivity contribution in [2.45, 2.75) is 13.5 Å². The Morgan fingerprint density at radius 1 is 1.40 bits per heavy atom. The van der Waals surface area contributed by atoms with Crippen molar-refractivity contribution in [3.8, 4) is 5.75 Å². The molecule has 0 radical (unpaired) electrons. The van der Waals surface area contributed by atoms with Gasteiger partial charge in [-0.3, -0.25) is 10.1 Å². The van der Waals surface area contributed by atoms with Gasteiger partial charge in [0, 0.05) is 30.6 Å². The van der Waals surface area contributed by atoms with Crippen LogP contribution in [0.1, 0.15) is 10.7 Å². The third-order valence-electron chi connectivity index (χ3n) is 2.57. The van der Waals surface area contributed by atoms with Gasteiger partial charge in [0.05, 0.1) is 15.6 Å². The van der Waals surface area contributed by atoms with Gasteiger partial charge in [0.15, 0.2) is 0 Å². The zero-order valence-electron chi connectivity index (χ0n) is 11.0. The van der Waals surface area contributed by atoms with Gasteiger partial charge in [0.1, 0.15) is 12.4 Å². The molecule has 0 aliphatic heterocycles. The highest BCUT2D eigenvalue weighted by molar-refractivity contribution is 7.09.